The summed E-state index contributed by atoms with van der Waals surface area (Å²) < 4.78 is 0. The van der Waals surface area contributed by atoms with Crippen LogP contribution in [0, 0.1) is 11.8 Å². The average molecular weight is 298 g/mol. The van der Waals surface area contributed by atoms with Crippen molar-refractivity contribution in [2.24, 2.45) is 16.8 Å². The van der Waals surface area contributed by atoms with E-state index in [2.05, 4.69) is 10.3 Å². The second-order valence-electron chi connectivity index (χ2n) is 6.48. The molecule has 1 heterocycles. The molecule has 1 fully saturated rings. The standard InChI is InChI=1S/C18H22N2O2/c1-11-12(2)18(22)20-16-10-14(7-8-15(11)16)19-17(21)9-13-5-3-4-6-13/h7-8,10,13,15H,3-6,9H2,1-2H3,(H,20,22). The summed E-state index contributed by atoms with van der Waals surface area (Å²) in [5, 5.41) is 2.90. The fraction of sp³-hybridized carbons (Fsp3) is 0.500. The van der Waals surface area contributed by atoms with E-state index in [1.54, 1.807) is 0 Å². The third-order valence-corrected chi connectivity index (χ3v) is 4.95. The maximum absolute atomic E-state index is 12.1. The van der Waals surface area contributed by atoms with Crippen molar-refractivity contribution >= 4 is 17.5 Å². The van der Waals surface area contributed by atoms with E-state index in [4.69, 9.17) is 0 Å². The first kappa shape index (κ1) is 14.9. The number of nitrogens with zero attached hydrogens (tertiary/aromatic N) is 1. The first-order valence-electron chi connectivity index (χ1n) is 8.04. The smallest absolute Gasteiger partial charge is 0.251 e. The molecule has 116 valence electrons. The highest BCUT2D eigenvalue weighted by atomic mass is 16.2. The fourth-order valence-electron chi connectivity index (χ4n) is 3.44. The van der Waals surface area contributed by atoms with Crippen molar-refractivity contribution in [1.29, 1.82) is 0 Å². The lowest BCUT2D eigenvalue weighted by Crippen LogP contribution is -2.35. The Morgan fingerprint density at radius 3 is 2.77 bits per heavy atom. The van der Waals surface area contributed by atoms with E-state index in [9.17, 15) is 9.59 Å². The van der Waals surface area contributed by atoms with Gasteiger partial charge in [0.1, 0.15) is 0 Å². The molecule has 0 radical (unpaired) electrons. The molecule has 4 nitrogen and oxygen atoms in total. The van der Waals surface area contributed by atoms with Crippen molar-refractivity contribution in [2.75, 3.05) is 0 Å². The van der Waals surface area contributed by atoms with Gasteiger partial charge in [0, 0.05) is 23.6 Å². The monoisotopic (exact) mass is 298 g/mol. The quantitative estimate of drug-likeness (QED) is 0.851. The molecule has 22 heavy (non-hydrogen) atoms. The SMILES string of the molecule is CC1=C(C)C2C=CC(=NC(=O)CC3CCCC3)C=C2NC1=O. The lowest BCUT2D eigenvalue weighted by molar-refractivity contribution is -0.118. The summed E-state index contributed by atoms with van der Waals surface area (Å²) in [5.74, 6) is 0.493. The Morgan fingerprint density at radius 2 is 2.05 bits per heavy atom. The third-order valence-electron chi connectivity index (χ3n) is 4.95. The van der Waals surface area contributed by atoms with E-state index in [0.29, 0.717) is 18.1 Å². The van der Waals surface area contributed by atoms with E-state index in [1.165, 1.54) is 12.8 Å². The molecule has 0 aromatic heterocycles. The van der Waals surface area contributed by atoms with Gasteiger partial charge in [-0.2, -0.15) is 0 Å². The number of aliphatic imine (C=N–C) groups is 1. The van der Waals surface area contributed by atoms with Gasteiger partial charge in [0.05, 0.1) is 5.71 Å². The van der Waals surface area contributed by atoms with Gasteiger partial charge in [0.25, 0.3) is 5.91 Å². The number of hydrogen-bond acceptors (Lipinski definition) is 2. The summed E-state index contributed by atoms with van der Waals surface area (Å²) >= 11 is 0. The molecule has 1 aliphatic heterocycles. The van der Waals surface area contributed by atoms with Gasteiger partial charge in [-0.25, -0.2) is 4.99 Å². The number of rotatable bonds is 2. The van der Waals surface area contributed by atoms with E-state index in [1.807, 2.05) is 32.1 Å². The zero-order valence-electron chi connectivity index (χ0n) is 13.2. The Kier molecular flexibility index (Phi) is 4.10. The first-order chi connectivity index (χ1) is 10.5. The van der Waals surface area contributed by atoms with Gasteiger partial charge in [0.15, 0.2) is 0 Å². The van der Waals surface area contributed by atoms with Crippen molar-refractivity contribution in [3.63, 3.8) is 0 Å². The number of amides is 2. The molecule has 2 amide bonds. The molecule has 1 unspecified atom stereocenters. The largest absolute Gasteiger partial charge is 0.325 e. The Morgan fingerprint density at radius 1 is 1.32 bits per heavy atom. The van der Waals surface area contributed by atoms with Crippen LogP contribution in [0.4, 0.5) is 0 Å². The van der Waals surface area contributed by atoms with Gasteiger partial charge in [0.2, 0.25) is 5.91 Å². The highest BCUT2D eigenvalue weighted by molar-refractivity contribution is 6.11. The zero-order valence-corrected chi connectivity index (χ0v) is 13.2. The lowest BCUT2D eigenvalue weighted by Gasteiger charge is -2.28. The van der Waals surface area contributed by atoms with E-state index >= 15 is 0 Å². The van der Waals surface area contributed by atoms with Crippen molar-refractivity contribution in [2.45, 2.75) is 46.0 Å². The van der Waals surface area contributed by atoms with Crippen LogP contribution in [0.1, 0.15) is 46.0 Å². The normalized spacial score (nSPS) is 27.0. The van der Waals surface area contributed by atoms with Crippen LogP contribution < -0.4 is 5.32 Å². The molecular formula is C18H22N2O2. The first-order valence-corrected chi connectivity index (χ1v) is 8.04. The van der Waals surface area contributed by atoms with Crippen LogP contribution >= 0.6 is 0 Å². The lowest BCUT2D eigenvalue weighted by atomic mass is 9.85. The molecule has 0 aromatic carbocycles. The highest BCUT2D eigenvalue weighted by Crippen LogP contribution is 2.30. The predicted molar refractivity (Wildman–Crippen MR) is 86.2 cm³/mol. The number of carbonyl (C=O) groups is 2. The minimum Gasteiger partial charge on any atom is -0.325 e. The van der Waals surface area contributed by atoms with Gasteiger partial charge < -0.3 is 5.32 Å². The van der Waals surface area contributed by atoms with Gasteiger partial charge in [-0.3, -0.25) is 9.59 Å². The van der Waals surface area contributed by atoms with Crippen molar-refractivity contribution in [1.82, 2.24) is 5.32 Å². The number of fused-ring (bicyclic) bond motifs is 1. The summed E-state index contributed by atoms with van der Waals surface area (Å²) in [7, 11) is 0. The molecule has 3 rings (SSSR count). The zero-order chi connectivity index (χ0) is 15.7. The second kappa shape index (κ2) is 6.03. The molecule has 1 saturated carbocycles. The Labute approximate surface area is 131 Å². The van der Waals surface area contributed by atoms with E-state index in [-0.39, 0.29) is 17.7 Å². The van der Waals surface area contributed by atoms with Crippen LogP contribution in [0.25, 0.3) is 0 Å². The maximum atomic E-state index is 12.1. The highest BCUT2D eigenvalue weighted by Gasteiger charge is 2.27. The van der Waals surface area contributed by atoms with Gasteiger partial charge in [-0.05, 0) is 44.8 Å². The van der Waals surface area contributed by atoms with Crippen LogP contribution in [0.2, 0.25) is 0 Å². The molecule has 0 aromatic rings. The van der Waals surface area contributed by atoms with Crippen LogP contribution in [-0.2, 0) is 9.59 Å². The van der Waals surface area contributed by atoms with Gasteiger partial charge in [-0.1, -0.05) is 24.5 Å². The molecule has 0 bridgehead atoms. The summed E-state index contributed by atoms with van der Waals surface area (Å²) in [5.41, 5.74) is 3.29. The Hall–Kier alpha value is -1.97. The van der Waals surface area contributed by atoms with Gasteiger partial charge >= 0.3 is 0 Å². The third kappa shape index (κ3) is 2.96. The fourth-order valence-corrected chi connectivity index (χ4v) is 3.44. The van der Waals surface area contributed by atoms with Crippen molar-refractivity contribution in [3.8, 4) is 0 Å². The minimum atomic E-state index is -0.0630. The van der Waals surface area contributed by atoms with Crippen LogP contribution in [-0.4, -0.2) is 17.5 Å². The number of carbonyl (C=O) groups excluding carboxylic acids is 2. The second-order valence-corrected chi connectivity index (χ2v) is 6.48. The topological polar surface area (TPSA) is 58.5 Å². The summed E-state index contributed by atoms with van der Waals surface area (Å²) in [4.78, 5) is 28.1. The summed E-state index contributed by atoms with van der Waals surface area (Å²) in [6, 6.07) is 0. The number of allylic oxidation sites excluding steroid dienone is 3. The van der Waals surface area contributed by atoms with Crippen LogP contribution in [0.15, 0.2) is 40.1 Å². The summed E-state index contributed by atoms with van der Waals surface area (Å²) in [6.07, 6.45) is 11.0. The number of hydrogen-bond donors (Lipinski definition) is 1. The van der Waals surface area contributed by atoms with Crippen LogP contribution in [0.3, 0.4) is 0 Å². The molecule has 4 heteroatoms. The van der Waals surface area contributed by atoms with Crippen molar-refractivity contribution < 1.29 is 9.59 Å². The Bertz CT molecular complexity index is 631. The Balaban J connectivity index is 1.74. The predicted octanol–water partition coefficient (Wildman–Crippen LogP) is 3.07. The number of nitrogens with one attached hydrogen (secondary N) is 1. The van der Waals surface area contributed by atoms with E-state index in [0.717, 1.165) is 29.7 Å². The van der Waals surface area contributed by atoms with E-state index < -0.39 is 0 Å². The molecule has 3 aliphatic rings. The molecule has 0 saturated heterocycles. The molecular weight excluding hydrogens is 276 g/mol. The maximum Gasteiger partial charge on any atom is 0.251 e. The average Bonchev–Trinajstić information content (AvgIpc) is 2.97. The minimum absolute atomic E-state index is 0.0487. The van der Waals surface area contributed by atoms with Gasteiger partial charge in [-0.15, -0.1) is 0 Å². The molecule has 1 atom stereocenters. The molecule has 1 N–H and O–H groups in total. The molecule has 2 aliphatic carbocycles. The van der Waals surface area contributed by atoms with Crippen LogP contribution in [0.5, 0.6) is 0 Å². The summed E-state index contributed by atoms with van der Waals surface area (Å²) in [6.45, 7) is 3.81. The van der Waals surface area contributed by atoms with Crippen molar-refractivity contribution in [3.05, 3.63) is 35.1 Å². The molecule has 0 spiro atoms.